The van der Waals surface area contributed by atoms with Gasteiger partial charge in [0.05, 0.1) is 0 Å². The zero-order valence-corrected chi connectivity index (χ0v) is 8.57. The molecule has 0 radical (unpaired) electrons. The van der Waals surface area contributed by atoms with Gasteiger partial charge in [-0.2, -0.15) is 24.3 Å². The molecule has 0 amide bonds. The van der Waals surface area contributed by atoms with Crippen molar-refractivity contribution in [3.8, 4) is 11.9 Å². The summed E-state index contributed by atoms with van der Waals surface area (Å²) in [5, 5.41) is 21.4. The van der Waals surface area contributed by atoms with Gasteiger partial charge >= 0.3 is 0 Å². The minimum Gasteiger partial charge on any atom is -0.196 e. The molecule has 0 aliphatic heterocycles. The van der Waals surface area contributed by atoms with Crippen molar-refractivity contribution in [2.45, 2.75) is 6.92 Å². The molecule has 0 unspecified atom stereocenters. The molecule has 0 aromatic carbocycles. The Morgan fingerprint density at radius 2 is 1.35 bits per heavy atom. The number of nitrogens with zero attached hydrogens (tertiary/aromatic N) is 11. The van der Waals surface area contributed by atoms with Gasteiger partial charge in [-0.05, 0) is 27.8 Å². The summed E-state index contributed by atoms with van der Waals surface area (Å²) >= 11 is 0. The Labute approximate surface area is 93.5 Å². The molecule has 3 aromatic heterocycles. The highest BCUT2D eigenvalue weighted by Gasteiger charge is 2.09. The zero-order valence-electron chi connectivity index (χ0n) is 8.57. The molecule has 3 heterocycles. The zero-order chi connectivity index (χ0) is 11.7. The fourth-order valence-corrected chi connectivity index (χ4v) is 1.16. The van der Waals surface area contributed by atoms with Gasteiger partial charge in [0.1, 0.15) is 18.5 Å². The van der Waals surface area contributed by atoms with Crippen LogP contribution in [-0.4, -0.2) is 55.4 Å². The van der Waals surface area contributed by atoms with E-state index in [1.807, 2.05) is 0 Å². The fraction of sp³-hybridized carbons (Fsp3) is 0.167. The summed E-state index contributed by atoms with van der Waals surface area (Å²) in [4.78, 5) is 12.3. The number of aromatic nitrogens is 11. The first kappa shape index (κ1) is 9.38. The molecule has 0 N–H and O–H groups in total. The molecule has 17 heavy (non-hydrogen) atoms. The Morgan fingerprint density at radius 3 is 1.76 bits per heavy atom. The molecule has 0 aliphatic carbocycles. The lowest BCUT2D eigenvalue weighted by Crippen LogP contribution is -2.11. The molecular weight excluding hydrogens is 226 g/mol. The molecule has 0 bridgehead atoms. The number of rotatable bonds is 2. The average Bonchev–Trinajstić information content (AvgIpc) is 3.02. The van der Waals surface area contributed by atoms with Crippen LogP contribution in [-0.2, 0) is 0 Å². The van der Waals surface area contributed by atoms with Crippen LogP contribution in [0.4, 0.5) is 0 Å². The van der Waals surface area contributed by atoms with Crippen LogP contribution in [0.25, 0.3) is 11.9 Å². The maximum Gasteiger partial charge on any atom is 0.258 e. The highest BCUT2D eigenvalue weighted by atomic mass is 15.6. The first-order valence-electron chi connectivity index (χ1n) is 4.52. The topological polar surface area (TPSA) is 126 Å². The maximum atomic E-state index is 4.14. The monoisotopic (exact) mass is 231 g/mol. The van der Waals surface area contributed by atoms with Crippen molar-refractivity contribution in [1.82, 2.24) is 55.4 Å². The molecule has 84 valence electrons. The fourth-order valence-electron chi connectivity index (χ4n) is 1.16. The Hall–Kier alpha value is -2.85. The van der Waals surface area contributed by atoms with Gasteiger partial charge in [-0.3, -0.25) is 0 Å². The van der Waals surface area contributed by atoms with Crippen LogP contribution in [0.3, 0.4) is 0 Å². The van der Waals surface area contributed by atoms with Gasteiger partial charge in [0.15, 0.2) is 0 Å². The molecule has 3 aromatic rings. The van der Waals surface area contributed by atoms with E-state index in [1.165, 1.54) is 22.0 Å². The number of hydrogen-bond donors (Lipinski definition) is 0. The van der Waals surface area contributed by atoms with Crippen molar-refractivity contribution < 1.29 is 0 Å². The lowest BCUT2D eigenvalue weighted by atomic mass is 10.7. The molecule has 0 aliphatic rings. The van der Waals surface area contributed by atoms with E-state index in [2.05, 4.69) is 46.0 Å². The van der Waals surface area contributed by atoms with Gasteiger partial charge in [-0.25, -0.2) is 0 Å². The smallest absolute Gasteiger partial charge is 0.196 e. The molecule has 3 rings (SSSR count). The lowest BCUT2D eigenvalue weighted by molar-refractivity contribution is 0.693. The molecule has 0 spiro atoms. The van der Waals surface area contributed by atoms with E-state index in [0.717, 1.165) is 0 Å². The normalized spacial score (nSPS) is 10.6. The number of hydrogen-bond acceptors (Lipinski definition) is 9. The van der Waals surface area contributed by atoms with Gasteiger partial charge in [0, 0.05) is 0 Å². The summed E-state index contributed by atoms with van der Waals surface area (Å²) < 4.78 is 2.64. The molecule has 0 fully saturated rings. The highest BCUT2D eigenvalue weighted by molar-refractivity contribution is 5.16. The van der Waals surface area contributed by atoms with Crippen molar-refractivity contribution in [1.29, 1.82) is 0 Å². The second kappa shape index (κ2) is 3.62. The molecule has 11 heteroatoms. The summed E-state index contributed by atoms with van der Waals surface area (Å²) in [5.41, 5.74) is 0. The molecule has 0 saturated carbocycles. The van der Waals surface area contributed by atoms with Crippen LogP contribution in [0, 0.1) is 6.92 Å². The van der Waals surface area contributed by atoms with E-state index in [0.29, 0.717) is 17.7 Å². The van der Waals surface area contributed by atoms with E-state index in [4.69, 9.17) is 0 Å². The second-order valence-electron chi connectivity index (χ2n) is 2.99. The van der Waals surface area contributed by atoms with Crippen molar-refractivity contribution in [3.63, 3.8) is 0 Å². The quantitative estimate of drug-likeness (QED) is 0.498. The van der Waals surface area contributed by atoms with Crippen LogP contribution < -0.4 is 0 Å². The third kappa shape index (κ3) is 1.68. The van der Waals surface area contributed by atoms with Crippen molar-refractivity contribution >= 4 is 0 Å². The lowest BCUT2D eigenvalue weighted by Gasteiger charge is -2.01. The second-order valence-corrected chi connectivity index (χ2v) is 2.99. The first-order valence-corrected chi connectivity index (χ1v) is 4.52. The van der Waals surface area contributed by atoms with Crippen LogP contribution in [0.2, 0.25) is 0 Å². The molecule has 0 atom stereocenters. The number of aryl methyl sites for hydroxylation is 1. The van der Waals surface area contributed by atoms with Crippen LogP contribution in [0.15, 0.2) is 12.7 Å². The van der Waals surface area contributed by atoms with E-state index in [-0.39, 0.29) is 0 Å². The third-order valence-corrected chi connectivity index (χ3v) is 1.83. The van der Waals surface area contributed by atoms with E-state index in [1.54, 1.807) is 6.92 Å². The summed E-state index contributed by atoms with van der Waals surface area (Å²) in [5.74, 6) is 1.11. The van der Waals surface area contributed by atoms with E-state index in [9.17, 15) is 0 Å². The van der Waals surface area contributed by atoms with Crippen LogP contribution >= 0.6 is 0 Å². The average molecular weight is 231 g/mol. The summed E-state index contributed by atoms with van der Waals surface area (Å²) in [6.45, 7) is 1.73. The van der Waals surface area contributed by atoms with Crippen LogP contribution in [0.1, 0.15) is 5.82 Å². The minimum atomic E-state index is 0.299. The summed E-state index contributed by atoms with van der Waals surface area (Å²) in [6, 6.07) is 0. The van der Waals surface area contributed by atoms with Gasteiger partial charge in [-0.1, -0.05) is 0 Å². The summed E-state index contributed by atoms with van der Waals surface area (Å²) in [7, 11) is 0. The van der Waals surface area contributed by atoms with Crippen molar-refractivity contribution in [3.05, 3.63) is 18.5 Å². The predicted octanol–water partition coefficient (Wildman–Crippen LogP) is -1.87. The summed E-state index contributed by atoms with van der Waals surface area (Å²) in [6.07, 6.45) is 2.77. The first-order chi connectivity index (χ1) is 8.33. The minimum absolute atomic E-state index is 0.299. The third-order valence-electron chi connectivity index (χ3n) is 1.83. The highest BCUT2D eigenvalue weighted by Crippen LogP contribution is 2.02. The van der Waals surface area contributed by atoms with Gasteiger partial charge < -0.3 is 0 Å². The molecular formula is C6H5N11. The molecule has 11 nitrogen and oxygen atoms in total. The van der Waals surface area contributed by atoms with E-state index >= 15 is 0 Å². The van der Waals surface area contributed by atoms with Crippen LogP contribution in [0.5, 0.6) is 0 Å². The number of tetrazole rings is 2. The van der Waals surface area contributed by atoms with Gasteiger partial charge in [0.25, 0.3) is 11.9 Å². The SMILES string of the molecule is Cc1nc(-n2cnnn2)nc(-n2cnnn2)n1. The van der Waals surface area contributed by atoms with Gasteiger partial charge in [-0.15, -0.1) is 10.2 Å². The largest absolute Gasteiger partial charge is 0.258 e. The Morgan fingerprint density at radius 1 is 0.824 bits per heavy atom. The van der Waals surface area contributed by atoms with Crippen molar-refractivity contribution in [2.75, 3.05) is 0 Å². The Balaban J connectivity index is 2.13. The Kier molecular flexibility index (Phi) is 2.00. The van der Waals surface area contributed by atoms with Crippen molar-refractivity contribution in [2.24, 2.45) is 0 Å². The maximum absolute atomic E-state index is 4.14. The van der Waals surface area contributed by atoms with E-state index < -0.39 is 0 Å². The standard InChI is InChI=1S/C6H5N11/c1-4-9-5(16-2-7-12-14-16)11-6(10-4)17-3-8-13-15-17/h2-3H,1H3. The van der Waals surface area contributed by atoms with Gasteiger partial charge in [0.2, 0.25) is 0 Å². The Bertz CT molecular complexity index is 559. The predicted molar refractivity (Wildman–Crippen MR) is 50.0 cm³/mol. The molecule has 0 saturated heterocycles.